The van der Waals surface area contributed by atoms with Crippen molar-refractivity contribution in [2.75, 3.05) is 7.11 Å². The van der Waals surface area contributed by atoms with E-state index in [0.29, 0.717) is 22.3 Å². The lowest BCUT2D eigenvalue weighted by atomic mass is 10.0. The predicted molar refractivity (Wildman–Crippen MR) is 86.7 cm³/mol. The minimum absolute atomic E-state index is 0.0983. The quantitative estimate of drug-likeness (QED) is 0.673. The van der Waals surface area contributed by atoms with Crippen LogP contribution in [-0.2, 0) is 0 Å². The van der Waals surface area contributed by atoms with E-state index in [4.69, 9.17) is 9.15 Å². The van der Waals surface area contributed by atoms with E-state index in [2.05, 4.69) is 13.2 Å². The Kier molecular flexibility index (Phi) is 3.10. The molecule has 0 aliphatic rings. The van der Waals surface area contributed by atoms with Crippen molar-refractivity contribution in [1.82, 2.24) is 0 Å². The Hall–Kier alpha value is -2.81. The van der Waals surface area contributed by atoms with Crippen LogP contribution in [0.2, 0.25) is 0 Å². The smallest absolute Gasteiger partial charge is 0.200 e. The van der Waals surface area contributed by atoms with E-state index >= 15 is 0 Å². The molecule has 0 radical (unpaired) electrons. The number of hydrogen-bond donors (Lipinski definition) is 0. The fraction of sp³-hybridized carbons (Fsp3) is 0.0556. The number of methoxy groups -OCH3 is 1. The van der Waals surface area contributed by atoms with E-state index in [9.17, 15) is 4.79 Å². The van der Waals surface area contributed by atoms with Gasteiger partial charge in [-0.1, -0.05) is 25.3 Å². The lowest BCUT2D eigenvalue weighted by Crippen LogP contribution is -2.07. The fourth-order valence-electron chi connectivity index (χ4n) is 2.42. The maximum atomic E-state index is 12.5. The van der Waals surface area contributed by atoms with E-state index in [1.807, 2.05) is 30.3 Å². The number of fused-ring (bicyclic) bond motifs is 2. The van der Waals surface area contributed by atoms with Gasteiger partial charge < -0.3 is 9.15 Å². The van der Waals surface area contributed by atoms with Crippen molar-refractivity contribution in [1.29, 1.82) is 0 Å². The van der Waals surface area contributed by atoms with Crippen LogP contribution in [-0.4, -0.2) is 7.11 Å². The van der Waals surface area contributed by atoms with Gasteiger partial charge >= 0.3 is 0 Å². The van der Waals surface area contributed by atoms with Crippen LogP contribution in [0.1, 0.15) is 11.3 Å². The van der Waals surface area contributed by atoms with Crippen molar-refractivity contribution in [3.05, 3.63) is 65.0 Å². The lowest BCUT2D eigenvalue weighted by molar-refractivity contribution is 0.415. The molecule has 3 aromatic rings. The molecule has 3 rings (SSSR count). The molecule has 0 unspecified atom stereocenters. The van der Waals surface area contributed by atoms with Gasteiger partial charge in [0.1, 0.15) is 17.1 Å². The van der Waals surface area contributed by atoms with Gasteiger partial charge in [-0.15, -0.1) is 0 Å². The molecule has 104 valence electrons. The zero-order chi connectivity index (χ0) is 15.0. The van der Waals surface area contributed by atoms with Crippen LogP contribution < -0.4 is 10.2 Å². The van der Waals surface area contributed by atoms with Crippen molar-refractivity contribution in [3.8, 4) is 5.75 Å². The van der Waals surface area contributed by atoms with Crippen molar-refractivity contribution < 1.29 is 9.15 Å². The normalized spacial score (nSPS) is 10.7. The summed E-state index contributed by atoms with van der Waals surface area (Å²) in [5, 5.41) is 2.44. The van der Waals surface area contributed by atoms with Crippen molar-refractivity contribution in [2.24, 2.45) is 0 Å². The van der Waals surface area contributed by atoms with Gasteiger partial charge in [0.2, 0.25) is 5.43 Å². The van der Waals surface area contributed by atoms with E-state index < -0.39 is 0 Å². The molecular formula is C18H14O3. The third-order valence-electron chi connectivity index (χ3n) is 3.51. The first-order chi connectivity index (χ1) is 10.2. The number of benzene rings is 2. The van der Waals surface area contributed by atoms with Crippen molar-refractivity contribution in [3.63, 3.8) is 0 Å². The molecule has 0 bridgehead atoms. The second kappa shape index (κ2) is 4.94. The Labute approximate surface area is 121 Å². The summed E-state index contributed by atoms with van der Waals surface area (Å²) in [5.41, 5.74) is 0.866. The van der Waals surface area contributed by atoms with Gasteiger partial charge in [-0.25, -0.2) is 0 Å². The highest BCUT2D eigenvalue weighted by molar-refractivity contribution is 5.97. The molecule has 0 amide bonds. The molecule has 0 atom stereocenters. The first kappa shape index (κ1) is 13.2. The van der Waals surface area contributed by atoms with Crippen LogP contribution in [0.25, 0.3) is 33.9 Å². The van der Waals surface area contributed by atoms with Gasteiger partial charge in [-0.2, -0.15) is 0 Å². The molecule has 0 saturated heterocycles. The maximum Gasteiger partial charge on any atom is 0.200 e. The first-order valence-electron chi connectivity index (χ1n) is 6.51. The molecule has 21 heavy (non-hydrogen) atoms. The van der Waals surface area contributed by atoms with E-state index in [-0.39, 0.29) is 5.43 Å². The highest BCUT2D eigenvalue weighted by Gasteiger charge is 2.11. The Morgan fingerprint density at radius 3 is 2.57 bits per heavy atom. The second-order valence-corrected chi connectivity index (χ2v) is 4.68. The summed E-state index contributed by atoms with van der Waals surface area (Å²) in [6.07, 6.45) is 3.02. The molecule has 0 fully saturated rings. The summed E-state index contributed by atoms with van der Waals surface area (Å²) >= 11 is 0. The average Bonchev–Trinajstić information content (AvgIpc) is 2.52. The Bertz CT molecular complexity index is 932. The van der Waals surface area contributed by atoms with Crippen LogP contribution in [0.4, 0.5) is 0 Å². The van der Waals surface area contributed by atoms with Crippen LogP contribution in [0, 0.1) is 0 Å². The summed E-state index contributed by atoms with van der Waals surface area (Å²) in [5.74, 6) is 1.19. The molecule has 0 aliphatic heterocycles. The van der Waals surface area contributed by atoms with Gasteiger partial charge in [-0.3, -0.25) is 4.79 Å². The molecule has 1 heterocycles. The van der Waals surface area contributed by atoms with Crippen LogP contribution >= 0.6 is 0 Å². The summed E-state index contributed by atoms with van der Waals surface area (Å²) in [6, 6.07) is 9.36. The van der Waals surface area contributed by atoms with E-state index in [1.54, 1.807) is 7.11 Å². The Morgan fingerprint density at radius 1 is 1.10 bits per heavy atom. The minimum Gasteiger partial charge on any atom is -0.497 e. The summed E-state index contributed by atoms with van der Waals surface area (Å²) in [6.45, 7) is 7.34. The monoisotopic (exact) mass is 278 g/mol. The number of ether oxygens (including phenoxy) is 1. The SMILES string of the molecule is C=Cc1oc2cc3cc(OC)ccc3cc2c(=O)c1C=C. The van der Waals surface area contributed by atoms with Gasteiger partial charge in [0, 0.05) is 0 Å². The zero-order valence-corrected chi connectivity index (χ0v) is 11.7. The molecule has 3 heteroatoms. The van der Waals surface area contributed by atoms with Crippen molar-refractivity contribution >= 4 is 33.9 Å². The Morgan fingerprint density at radius 2 is 1.90 bits per heavy atom. The van der Waals surface area contributed by atoms with Crippen LogP contribution in [0.3, 0.4) is 0 Å². The van der Waals surface area contributed by atoms with Gasteiger partial charge in [0.25, 0.3) is 0 Å². The first-order valence-corrected chi connectivity index (χ1v) is 6.51. The largest absolute Gasteiger partial charge is 0.497 e. The summed E-state index contributed by atoms with van der Waals surface area (Å²) in [4.78, 5) is 12.5. The van der Waals surface area contributed by atoms with Crippen molar-refractivity contribution in [2.45, 2.75) is 0 Å². The van der Waals surface area contributed by atoms with Gasteiger partial charge in [0.15, 0.2) is 0 Å². The highest BCUT2D eigenvalue weighted by atomic mass is 16.5. The number of rotatable bonds is 3. The van der Waals surface area contributed by atoms with Crippen LogP contribution in [0.5, 0.6) is 5.75 Å². The summed E-state index contributed by atoms with van der Waals surface area (Å²) in [7, 11) is 1.62. The van der Waals surface area contributed by atoms with E-state index in [0.717, 1.165) is 16.5 Å². The molecule has 0 N–H and O–H groups in total. The van der Waals surface area contributed by atoms with E-state index in [1.165, 1.54) is 12.2 Å². The Balaban J connectivity index is 2.45. The predicted octanol–water partition coefficient (Wildman–Crippen LogP) is 4.24. The molecule has 0 spiro atoms. The maximum absolute atomic E-state index is 12.5. The molecular weight excluding hydrogens is 264 g/mol. The third kappa shape index (κ3) is 2.03. The molecule has 1 aromatic heterocycles. The molecule has 3 nitrogen and oxygen atoms in total. The number of hydrogen-bond acceptors (Lipinski definition) is 3. The lowest BCUT2D eigenvalue weighted by Gasteiger charge is -2.07. The second-order valence-electron chi connectivity index (χ2n) is 4.68. The van der Waals surface area contributed by atoms with Gasteiger partial charge in [0.05, 0.1) is 18.1 Å². The standard InChI is InChI=1S/C18H14O3/c1-4-14-16(5-2)21-17-10-12-8-13(20-3)7-6-11(12)9-15(17)18(14)19/h4-10H,1-2H2,3H3. The molecule has 0 aliphatic carbocycles. The molecule has 2 aromatic carbocycles. The van der Waals surface area contributed by atoms with Crippen LogP contribution in [0.15, 0.2) is 52.7 Å². The average molecular weight is 278 g/mol. The fourth-order valence-corrected chi connectivity index (χ4v) is 2.42. The zero-order valence-electron chi connectivity index (χ0n) is 11.7. The highest BCUT2D eigenvalue weighted by Crippen LogP contribution is 2.26. The summed E-state index contributed by atoms with van der Waals surface area (Å²) < 4.78 is 11.0. The van der Waals surface area contributed by atoms with Gasteiger partial charge in [-0.05, 0) is 41.1 Å². The molecule has 0 saturated carbocycles. The topological polar surface area (TPSA) is 39.4 Å². The minimum atomic E-state index is -0.0983. The third-order valence-corrected chi connectivity index (χ3v) is 3.51.